The molecule has 0 aromatic carbocycles. The molecular formula is C29H56N2O4. The molecule has 0 aliphatic rings. The van der Waals surface area contributed by atoms with Gasteiger partial charge < -0.3 is 15.7 Å². The van der Waals surface area contributed by atoms with Gasteiger partial charge >= 0.3 is 5.97 Å². The molecule has 2 amide bonds. The fraction of sp³-hybridized carbons (Fsp3) is 0.897. The highest BCUT2D eigenvalue weighted by atomic mass is 16.4. The van der Waals surface area contributed by atoms with Crippen molar-refractivity contribution in [1.82, 2.24) is 10.6 Å². The third-order valence-corrected chi connectivity index (χ3v) is 6.94. The quantitative estimate of drug-likeness (QED) is 0.117. The van der Waals surface area contributed by atoms with Crippen LogP contribution in [0.1, 0.15) is 149 Å². The first-order valence-electron chi connectivity index (χ1n) is 14.7. The molecule has 0 rings (SSSR count). The van der Waals surface area contributed by atoms with E-state index in [9.17, 15) is 14.4 Å². The van der Waals surface area contributed by atoms with Crippen LogP contribution in [-0.2, 0) is 14.4 Å². The second kappa shape index (κ2) is 24.1. The van der Waals surface area contributed by atoms with E-state index in [2.05, 4.69) is 17.6 Å². The van der Waals surface area contributed by atoms with Gasteiger partial charge in [0.15, 0.2) is 0 Å². The molecule has 6 heteroatoms. The third-order valence-electron chi connectivity index (χ3n) is 6.94. The van der Waals surface area contributed by atoms with Crippen LogP contribution in [0.4, 0.5) is 0 Å². The Kier molecular flexibility index (Phi) is 23.0. The minimum Gasteiger partial charge on any atom is -0.481 e. The van der Waals surface area contributed by atoms with Gasteiger partial charge in [0, 0.05) is 19.4 Å². The maximum atomic E-state index is 12.6. The molecule has 0 spiro atoms. The van der Waals surface area contributed by atoms with Crippen molar-refractivity contribution in [2.75, 3.05) is 6.54 Å². The van der Waals surface area contributed by atoms with Crippen molar-refractivity contribution in [3.63, 3.8) is 0 Å². The van der Waals surface area contributed by atoms with Crippen LogP contribution in [0.15, 0.2) is 0 Å². The van der Waals surface area contributed by atoms with Crippen molar-refractivity contribution >= 4 is 17.8 Å². The summed E-state index contributed by atoms with van der Waals surface area (Å²) in [5, 5.41) is 14.5. The van der Waals surface area contributed by atoms with Crippen molar-refractivity contribution in [3.05, 3.63) is 0 Å². The molecular weight excluding hydrogens is 440 g/mol. The molecule has 0 saturated heterocycles. The van der Waals surface area contributed by atoms with Crippen LogP contribution in [0.2, 0.25) is 0 Å². The fourth-order valence-corrected chi connectivity index (χ4v) is 4.34. The van der Waals surface area contributed by atoms with E-state index in [0.717, 1.165) is 19.3 Å². The Morgan fingerprint density at radius 3 is 1.54 bits per heavy atom. The van der Waals surface area contributed by atoms with Crippen LogP contribution in [-0.4, -0.2) is 35.5 Å². The standard InChI is InChI=1S/C29H56N2O4/c1-4-6-7-8-9-10-11-12-13-14-15-16-17-18-19-20-24-30-29(35)28(25(3)5-2)31-26(32)22-21-23-27(33)34/h25,28H,4-24H2,1-3H3,(H,30,35)(H,31,32)(H,33,34)/t25-,28-/m0/s1. The fourth-order valence-electron chi connectivity index (χ4n) is 4.34. The zero-order chi connectivity index (χ0) is 26.2. The SMILES string of the molecule is CCCCCCCCCCCCCCCCCCNC(=O)[C@@H](NC(=O)CCCC(=O)O)[C@@H](C)CC. The number of hydrogen-bond donors (Lipinski definition) is 3. The Labute approximate surface area is 215 Å². The average molecular weight is 497 g/mol. The van der Waals surface area contributed by atoms with E-state index in [1.807, 2.05) is 13.8 Å². The van der Waals surface area contributed by atoms with Crippen molar-refractivity contribution in [1.29, 1.82) is 0 Å². The molecule has 206 valence electrons. The summed E-state index contributed by atoms with van der Waals surface area (Å²) in [4.78, 5) is 35.3. The van der Waals surface area contributed by atoms with E-state index < -0.39 is 12.0 Å². The molecule has 35 heavy (non-hydrogen) atoms. The molecule has 0 aliphatic carbocycles. The highest BCUT2D eigenvalue weighted by molar-refractivity contribution is 5.87. The maximum absolute atomic E-state index is 12.6. The Balaban J connectivity index is 3.72. The zero-order valence-corrected chi connectivity index (χ0v) is 23.2. The van der Waals surface area contributed by atoms with Gasteiger partial charge in [-0.2, -0.15) is 0 Å². The van der Waals surface area contributed by atoms with Crippen molar-refractivity contribution in [3.8, 4) is 0 Å². The molecule has 0 aliphatic heterocycles. The molecule has 6 nitrogen and oxygen atoms in total. The second-order valence-electron chi connectivity index (χ2n) is 10.3. The normalized spacial score (nSPS) is 12.8. The number of aliphatic carboxylic acids is 1. The van der Waals surface area contributed by atoms with E-state index in [-0.39, 0.29) is 37.0 Å². The summed E-state index contributed by atoms with van der Waals surface area (Å²) < 4.78 is 0. The van der Waals surface area contributed by atoms with Crippen LogP contribution < -0.4 is 10.6 Å². The van der Waals surface area contributed by atoms with E-state index in [1.165, 1.54) is 89.9 Å². The number of unbranched alkanes of at least 4 members (excludes halogenated alkanes) is 15. The molecule has 0 heterocycles. The predicted molar refractivity (Wildman–Crippen MR) is 145 cm³/mol. The van der Waals surface area contributed by atoms with Crippen LogP contribution in [0.3, 0.4) is 0 Å². The van der Waals surface area contributed by atoms with E-state index in [1.54, 1.807) is 0 Å². The molecule has 0 aromatic rings. The van der Waals surface area contributed by atoms with E-state index >= 15 is 0 Å². The number of carbonyl (C=O) groups excluding carboxylic acids is 2. The highest BCUT2D eigenvalue weighted by Crippen LogP contribution is 2.14. The van der Waals surface area contributed by atoms with Gasteiger partial charge in [-0.05, 0) is 18.8 Å². The summed E-state index contributed by atoms with van der Waals surface area (Å²) in [7, 11) is 0. The molecule has 0 fully saturated rings. The molecule has 0 radical (unpaired) electrons. The number of hydrogen-bond acceptors (Lipinski definition) is 3. The van der Waals surface area contributed by atoms with Gasteiger partial charge in [-0.15, -0.1) is 0 Å². The van der Waals surface area contributed by atoms with Crippen molar-refractivity contribution in [2.45, 2.75) is 155 Å². The Morgan fingerprint density at radius 1 is 0.657 bits per heavy atom. The molecule has 0 unspecified atom stereocenters. The van der Waals surface area contributed by atoms with Crippen LogP contribution in [0.5, 0.6) is 0 Å². The predicted octanol–water partition coefficient (Wildman–Crippen LogP) is 7.15. The van der Waals surface area contributed by atoms with Crippen LogP contribution >= 0.6 is 0 Å². The lowest BCUT2D eigenvalue weighted by Crippen LogP contribution is -2.50. The molecule has 0 aromatic heterocycles. The van der Waals surface area contributed by atoms with Gasteiger partial charge in [-0.3, -0.25) is 14.4 Å². The first-order valence-corrected chi connectivity index (χ1v) is 14.7. The smallest absolute Gasteiger partial charge is 0.303 e. The van der Waals surface area contributed by atoms with E-state index in [4.69, 9.17) is 5.11 Å². The number of nitrogens with one attached hydrogen (secondary N) is 2. The van der Waals surface area contributed by atoms with Gasteiger partial charge in [-0.25, -0.2) is 0 Å². The van der Waals surface area contributed by atoms with Crippen molar-refractivity contribution in [2.24, 2.45) is 5.92 Å². The monoisotopic (exact) mass is 496 g/mol. The van der Waals surface area contributed by atoms with Gasteiger partial charge in [-0.1, -0.05) is 124 Å². The van der Waals surface area contributed by atoms with Gasteiger partial charge in [0.2, 0.25) is 11.8 Å². The Hall–Kier alpha value is -1.59. The summed E-state index contributed by atoms with van der Waals surface area (Å²) in [6.07, 6.45) is 22.3. The Bertz CT molecular complexity index is 539. The van der Waals surface area contributed by atoms with Gasteiger partial charge in [0.05, 0.1) is 0 Å². The largest absolute Gasteiger partial charge is 0.481 e. The highest BCUT2D eigenvalue weighted by Gasteiger charge is 2.25. The lowest BCUT2D eigenvalue weighted by atomic mass is 9.98. The number of carboxylic acids is 1. The summed E-state index contributed by atoms with van der Waals surface area (Å²) in [5.74, 6) is -1.27. The lowest BCUT2D eigenvalue weighted by Gasteiger charge is -2.23. The summed E-state index contributed by atoms with van der Waals surface area (Å²) in [6.45, 7) is 6.86. The number of rotatable bonds is 25. The number of carboxylic acid groups (broad SMARTS) is 1. The van der Waals surface area contributed by atoms with Crippen molar-refractivity contribution < 1.29 is 19.5 Å². The summed E-state index contributed by atoms with van der Waals surface area (Å²) >= 11 is 0. The minimum atomic E-state index is -0.909. The zero-order valence-electron chi connectivity index (χ0n) is 23.2. The number of carbonyl (C=O) groups is 3. The molecule has 0 saturated carbocycles. The molecule has 3 N–H and O–H groups in total. The summed E-state index contributed by atoms with van der Waals surface area (Å²) in [5.41, 5.74) is 0. The lowest BCUT2D eigenvalue weighted by molar-refractivity contribution is -0.137. The average Bonchev–Trinajstić information content (AvgIpc) is 2.83. The first-order chi connectivity index (χ1) is 16.9. The Morgan fingerprint density at radius 2 is 1.11 bits per heavy atom. The van der Waals surface area contributed by atoms with E-state index in [0.29, 0.717) is 6.54 Å². The summed E-state index contributed by atoms with van der Waals surface area (Å²) in [6, 6.07) is -0.557. The van der Waals surface area contributed by atoms with Crippen LogP contribution in [0.25, 0.3) is 0 Å². The topological polar surface area (TPSA) is 95.5 Å². The molecule has 2 atom stereocenters. The first kappa shape index (κ1) is 33.4. The van der Waals surface area contributed by atoms with Crippen LogP contribution in [0, 0.1) is 5.92 Å². The minimum absolute atomic E-state index is 0.0317. The second-order valence-corrected chi connectivity index (χ2v) is 10.3. The number of amides is 2. The third kappa shape index (κ3) is 21.4. The van der Waals surface area contributed by atoms with Gasteiger partial charge in [0.25, 0.3) is 0 Å². The maximum Gasteiger partial charge on any atom is 0.303 e. The van der Waals surface area contributed by atoms with Gasteiger partial charge in [0.1, 0.15) is 6.04 Å². The molecule has 0 bridgehead atoms.